The fourth-order valence-corrected chi connectivity index (χ4v) is 5.98. The molecule has 0 aliphatic carbocycles. The van der Waals surface area contributed by atoms with Crippen molar-refractivity contribution in [3.63, 3.8) is 0 Å². The van der Waals surface area contributed by atoms with Crippen molar-refractivity contribution in [2.75, 3.05) is 13.2 Å². The van der Waals surface area contributed by atoms with Gasteiger partial charge in [-0.05, 0) is 51.7 Å². The number of nitrogens with zero attached hydrogens (tertiary/aromatic N) is 7. The Hall–Kier alpha value is -3.63. The number of aliphatic hydroxyl groups is 1. The molecule has 1 unspecified atom stereocenters. The van der Waals surface area contributed by atoms with Crippen LogP contribution >= 0.6 is 0 Å². The summed E-state index contributed by atoms with van der Waals surface area (Å²) < 4.78 is 27.0. The van der Waals surface area contributed by atoms with E-state index in [-0.39, 0.29) is 17.8 Å². The SMILES string of the molecule is Cc1nnn(C)c1-c1cnc2c3c(c(C(C)(C)O)nn3C)n(C(c3ccccc3F)C3CCOCC3)c2c1. The lowest BCUT2D eigenvalue weighted by atomic mass is 9.86. The normalized spacial score (nSPS) is 16.1. The number of halogens is 1. The van der Waals surface area contributed by atoms with Crippen LogP contribution in [-0.2, 0) is 24.4 Å². The van der Waals surface area contributed by atoms with Crippen molar-refractivity contribution in [2.45, 2.75) is 45.3 Å². The zero-order valence-corrected chi connectivity index (χ0v) is 22.3. The minimum Gasteiger partial charge on any atom is -0.384 e. The second kappa shape index (κ2) is 8.99. The second-order valence-corrected chi connectivity index (χ2v) is 10.8. The molecule has 1 fully saturated rings. The van der Waals surface area contributed by atoms with Crippen LogP contribution in [0.15, 0.2) is 36.5 Å². The molecule has 38 heavy (non-hydrogen) atoms. The first-order valence-electron chi connectivity index (χ1n) is 12.9. The average molecular weight is 518 g/mol. The van der Waals surface area contributed by atoms with Crippen molar-refractivity contribution < 1.29 is 14.2 Å². The summed E-state index contributed by atoms with van der Waals surface area (Å²) in [7, 11) is 3.72. The maximum atomic E-state index is 15.6. The fourth-order valence-electron chi connectivity index (χ4n) is 5.98. The largest absolute Gasteiger partial charge is 0.384 e. The molecule has 0 saturated carbocycles. The molecule has 1 saturated heterocycles. The quantitative estimate of drug-likeness (QED) is 0.371. The smallest absolute Gasteiger partial charge is 0.128 e. The van der Waals surface area contributed by atoms with E-state index in [0.29, 0.717) is 24.5 Å². The molecule has 1 atom stereocenters. The first-order chi connectivity index (χ1) is 18.2. The highest BCUT2D eigenvalue weighted by Gasteiger charge is 2.36. The van der Waals surface area contributed by atoms with E-state index in [4.69, 9.17) is 14.8 Å². The molecule has 4 aromatic heterocycles. The predicted octanol–water partition coefficient (Wildman–Crippen LogP) is 4.41. The van der Waals surface area contributed by atoms with Crippen molar-refractivity contribution >= 4 is 22.1 Å². The average Bonchev–Trinajstić information content (AvgIpc) is 3.52. The van der Waals surface area contributed by atoms with Gasteiger partial charge in [0, 0.05) is 44.6 Å². The highest BCUT2D eigenvalue weighted by atomic mass is 19.1. The lowest BCUT2D eigenvalue weighted by Crippen LogP contribution is -2.28. The van der Waals surface area contributed by atoms with Crippen LogP contribution in [0.25, 0.3) is 33.3 Å². The van der Waals surface area contributed by atoms with Gasteiger partial charge in [-0.2, -0.15) is 5.10 Å². The van der Waals surface area contributed by atoms with E-state index in [9.17, 15) is 5.11 Å². The number of benzene rings is 1. The van der Waals surface area contributed by atoms with E-state index < -0.39 is 5.60 Å². The van der Waals surface area contributed by atoms with Crippen LogP contribution in [0.5, 0.6) is 0 Å². The summed E-state index contributed by atoms with van der Waals surface area (Å²) in [4.78, 5) is 4.92. The molecule has 1 aliphatic heterocycles. The van der Waals surface area contributed by atoms with Crippen LogP contribution < -0.4 is 0 Å². The molecule has 9 nitrogen and oxygen atoms in total. The summed E-state index contributed by atoms with van der Waals surface area (Å²) in [6.45, 7) is 6.61. The molecule has 1 N–H and O–H groups in total. The fraction of sp³-hybridized carbons (Fsp3) is 0.429. The number of hydrogen-bond donors (Lipinski definition) is 1. The maximum absolute atomic E-state index is 15.6. The molecule has 1 aliphatic rings. The van der Waals surface area contributed by atoms with Gasteiger partial charge < -0.3 is 14.4 Å². The Morgan fingerprint density at radius 3 is 2.50 bits per heavy atom. The summed E-state index contributed by atoms with van der Waals surface area (Å²) >= 11 is 0. The van der Waals surface area contributed by atoms with Gasteiger partial charge >= 0.3 is 0 Å². The highest BCUT2D eigenvalue weighted by molar-refractivity contribution is 6.06. The minimum atomic E-state index is -1.23. The lowest BCUT2D eigenvalue weighted by Gasteiger charge is -2.33. The van der Waals surface area contributed by atoms with Gasteiger partial charge in [0.2, 0.25) is 0 Å². The summed E-state index contributed by atoms with van der Waals surface area (Å²) in [5, 5.41) is 24.4. The van der Waals surface area contributed by atoms with E-state index in [0.717, 1.165) is 51.9 Å². The van der Waals surface area contributed by atoms with E-state index in [1.54, 1.807) is 29.3 Å². The van der Waals surface area contributed by atoms with Gasteiger partial charge in [-0.1, -0.05) is 23.4 Å². The Balaban J connectivity index is 1.75. The number of aromatic nitrogens is 7. The molecule has 0 amide bonds. The van der Waals surface area contributed by atoms with Gasteiger partial charge in [-0.3, -0.25) is 9.67 Å². The molecule has 10 heteroatoms. The van der Waals surface area contributed by atoms with E-state index in [1.807, 2.05) is 39.3 Å². The minimum absolute atomic E-state index is 0.109. The summed E-state index contributed by atoms with van der Waals surface area (Å²) in [5.74, 6) is -0.151. The Kier molecular flexibility index (Phi) is 5.84. The Morgan fingerprint density at radius 2 is 1.84 bits per heavy atom. The maximum Gasteiger partial charge on any atom is 0.128 e. The molecule has 5 aromatic rings. The highest BCUT2D eigenvalue weighted by Crippen LogP contribution is 2.44. The number of ether oxygens (including phenoxy) is 1. The van der Waals surface area contributed by atoms with Gasteiger partial charge in [0.15, 0.2) is 0 Å². The number of hydrogen-bond acceptors (Lipinski definition) is 6. The Bertz CT molecular complexity index is 1630. The molecule has 0 radical (unpaired) electrons. The summed E-state index contributed by atoms with van der Waals surface area (Å²) in [6, 6.07) is 8.69. The number of aryl methyl sites for hydroxylation is 3. The molecule has 0 spiro atoms. The Labute approximate surface area is 219 Å². The molecule has 198 valence electrons. The third-order valence-corrected chi connectivity index (χ3v) is 7.68. The van der Waals surface area contributed by atoms with Crippen molar-refractivity contribution in [1.29, 1.82) is 0 Å². The molecule has 0 bridgehead atoms. The zero-order valence-electron chi connectivity index (χ0n) is 22.3. The van der Waals surface area contributed by atoms with E-state index in [1.165, 1.54) is 6.07 Å². The van der Waals surface area contributed by atoms with Crippen molar-refractivity contribution in [1.82, 2.24) is 34.3 Å². The first-order valence-corrected chi connectivity index (χ1v) is 12.9. The number of fused-ring (bicyclic) bond motifs is 3. The Morgan fingerprint density at radius 1 is 1.11 bits per heavy atom. The summed E-state index contributed by atoms with van der Waals surface area (Å²) in [6.07, 6.45) is 3.40. The van der Waals surface area contributed by atoms with E-state index >= 15 is 4.39 Å². The first kappa shape index (κ1) is 24.7. The van der Waals surface area contributed by atoms with Gasteiger partial charge in [-0.25, -0.2) is 9.07 Å². The number of rotatable bonds is 5. The van der Waals surface area contributed by atoms with Gasteiger partial charge in [0.25, 0.3) is 0 Å². The monoisotopic (exact) mass is 517 g/mol. The molecular formula is C28H32FN7O2. The van der Waals surface area contributed by atoms with Crippen molar-refractivity contribution in [3.05, 3.63) is 59.3 Å². The van der Waals surface area contributed by atoms with Crippen LogP contribution in [0, 0.1) is 18.7 Å². The van der Waals surface area contributed by atoms with Crippen LogP contribution in [0.3, 0.4) is 0 Å². The predicted molar refractivity (Wildman–Crippen MR) is 142 cm³/mol. The van der Waals surface area contributed by atoms with Crippen LogP contribution in [0.4, 0.5) is 4.39 Å². The van der Waals surface area contributed by atoms with Gasteiger partial charge in [-0.15, -0.1) is 5.10 Å². The molecule has 1 aromatic carbocycles. The molecular weight excluding hydrogens is 485 g/mol. The zero-order chi connectivity index (χ0) is 26.8. The van der Waals surface area contributed by atoms with E-state index in [2.05, 4.69) is 20.9 Å². The summed E-state index contributed by atoms with van der Waals surface area (Å²) in [5.41, 5.74) is 5.59. The van der Waals surface area contributed by atoms with Crippen LogP contribution in [-0.4, -0.2) is 52.6 Å². The second-order valence-electron chi connectivity index (χ2n) is 10.8. The molecule has 6 rings (SSSR count). The van der Waals surface area contributed by atoms with Crippen LogP contribution in [0.1, 0.15) is 49.7 Å². The standard InChI is InChI=1S/C28H32FN7O2/c1-16-23(35(5)33-31-16)18-14-21-22(30-15-18)25-26(27(28(2,3)37)32-34(25)4)36(21)24(17-10-12-38-13-11-17)19-8-6-7-9-20(19)29/h6-9,14-15,17,24,37H,10-13H2,1-5H3. The van der Waals surface area contributed by atoms with Gasteiger partial charge in [0.1, 0.15) is 28.1 Å². The number of pyridine rings is 1. The third kappa shape index (κ3) is 3.82. The van der Waals surface area contributed by atoms with Crippen LogP contribution in [0.2, 0.25) is 0 Å². The third-order valence-electron chi connectivity index (χ3n) is 7.68. The lowest BCUT2D eigenvalue weighted by molar-refractivity contribution is 0.0543. The topological polar surface area (TPSA) is 95.8 Å². The van der Waals surface area contributed by atoms with Gasteiger partial charge in [0.05, 0.1) is 28.5 Å². The van der Waals surface area contributed by atoms with Crippen molar-refractivity contribution in [2.24, 2.45) is 20.0 Å². The molecule has 5 heterocycles. The van der Waals surface area contributed by atoms with Crippen molar-refractivity contribution in [3.8, 4) is 11.3 Å².